The zero-order valence-corrected chi connectivity index (χ0v) is 15.5. The van der Waals surface area contributed by atoms with Crippen LogP contribution in [0.25, 0.3) is 0 Å². The van der Waals surface area contributed by atoms with Crippen LogP contribution in [0.1, 0.15) is 40.7 Å². The molecule has 0 unspecified atom stereocenters. The monoisotopic (exact) mass is 359 g/mol. The smallest absolute Gasteiger partial charge is 0.309 e. The van der Waals surface area contributed by atoms with Crippen molar-refractivity contribution >= 4 is 23.4 Å². The van der Waals surface area contributed by atoms with Gasteiger partial charge in [0.1, 0.15) is 0 Å². The molecule has 132 valence electrons. The number of ether oxygens (including phenoxy) is 1. The third-order valence-corrected chi connectivity index (χ3v) is 5.29. The Morgan fingerprint density at radius 1 is 1.28 bits per heavy atom. The molecular weight excluding hydrogens is 338 g/mol. The van der Waals surface area contributed by atoms with Crippen LogP contribution in [0.2, 0.25) is 5.02 Å². The third kappa shape index (κ3) is 3.79. The molecule has 1 aliphatic carbocycles. The summed E-state index contributed by atoms with van der Waals surface area (Å²) in [6, 6.07) is 9.52. The van der Waals surface area contributed by atoms with Crippen LogP contribution in [-0.2, 0) is 16.1 Å². The van der Waals surface area contributed by atoms with Gasteiger partial charge in [-0.15, -0.1) is 0 Å². The van der Waals surface area contributed by atoms with Crippen molar-refractivity contribution in [2.24, 2.45) is 11.8 Å². The van der Waals surface area contributed by atoms with E-state index in [0.717, 1.165) is 23.4 Å². The Hall–Kier alpha value is -2.07. The summed E-state index contributed by atoms with van der Waals surface area (Å²) in [4.78, 5) is 24.3. The van der Waals surface area contributed by atoms with Crippen molar-refractivity contribution in [3.05, 3.63) is 57.9 Å². The molecule has 1 aliphatic rings. The summed E-state index contributed by atoms with van der Waals surface area (Å²) in [5.74, 6) is -0.0744. The Bertz CT molecular complexity index is 824. The van der Waals surface area contributed by atoms with E-state index >= 15 is 0 Å². The second-order valence-electron chi connectivity index (χ2n) is 6.81. The third-order valence-electron chi connectivity index (χ3n) is 4.92. The number of carbonyl (C=O) groups is 2. The largest absolute Gasteiger partial charge is 0.457 e. The second kappa shape index (κ2) is 7.04. The Morgan fingerprint density at radius 3 is 2.60 bits per heavy atom. The first-order valence-electron chi connectivity index (χ1n) is 8.48. The molecule has 0 N–H and O–H groups in total. The van der Waals surface area contributed by atoms with E-state index in [9.17, 15) is 9.59 Å². The summed E-state index contributed by atoms with van der Waals surface area (Å²) < 4.78 is 7.23. The van der Waals surface area contributed by atoms with E-state index in [1.807, 2.05) is 51.1 Å². The predicted molar refractivity (Wildman–Crippen MR) is 97.0 cm³/mol. The highest BCUT2D eigenvalue weighted by atomic mass is 35.5. The number of aryl methyl sites for hydroxylation is 1. The molecule has 3 rings (SSSR count). The van der Waals surface area contributed by atoms with Crippen molar-refractivity contribution in [3.63, 3.8) is 0 Å². The van der Waals surface area contributed by atoms with Crippen molar-refractivity contribution in [2.45, 2.75) is 33.7 Å². The molecule has 1 fully saturated rings. The number of rotatable bonds is 6. The lowest BCUT2D eigenvalue weighted by molar-refractivity contribution is -0.144. The fourth-order valence-electron chi connectivity index (χ4n) is 3.10. The summed E-state index contributed by atoms with van der Waals surface area (Å²) in [5.41, 5.74) is 3.43. The Morgan fingerprint density at radius 2 is 1.96 bits per heavy atom. The number of aromatic nitrogens is 1. The van der Waals surface area contributed by atoms with Crippen molar-refractivity contribution in [3.8, 4) is 0 Å². The van der Waals surface area contributed by atoms with Gasteiger partial charge in [0.15, 0.2) is 6.61 Å². The van der Waals surface area contributed by atoms with Gasteiger partial charge in [0.05, 0.1) is 5.92 Å². The van der Waals surface area contributed by atoms with Gasteiger partial charge in [-0.3, -0.25) is 9.59 Å². The average molecular weight is 360 g/mol. The lowest BCUT2D eigenvalue weighted by Crippen LogP contribution is -2.16. The minimum Gasteiger partial charge on any atom is -0.457 e. The molecule has 1 heterocycles. The van der Waals surface area contributed by atoms with E-state index in [-0.39, 0.29) is 24.3 Å². The fraction of sp³-hybridized carbons (Fsp3) is 0.400. The van der Waals surface area contributed by atoms with Gasteiger partial charge >= 0.3 is 5.97 Å². The zero-order chi connectivity index (χ0) is 18.1. The maximum absolute atomic E-state index is 12.5. The Kier molecular flexibility index (Phi) is 5.00. The molecule has 1 aromatic heterocycles. The lowest BCUT2D eigenvalue weighted by Gasteiger charge is -2.11. The minimum absolute atomic E-state index is 0.0274. The molecule has 0 amide bonds. The molecular formula is C20H22ClNO3. The molecule has 2 atom stereocenters. The van der Waals surface area contributed by atoms with Crippen LogP contribution in [0.3, 0.4) is 0 Å². The first-order chi connectivity index (χ1) is 11.9. The number of nitrogens with zero attached hydrogens (tertiary/aromatic N) is 1. The molecule has 0 saturated heterocycles. The average Bonchev–Trinajstić information content (AvgIpc) is 3.25. The number of benzene rings is 1. The number of Topliss-reactive ketones (excluding diaryl/α,β-unsaturated/α-hetero) is 1. The van der Waals surface area contributed by atoms with Gasteiger partial charge in [-0.2, -0.15) is 0 Å². The molecule has 5 heteroatoms. The molecule has 2 aromatic rings. The van der Waals surface area contributed by atoms with Gasteiger partial charge < -0.3 is 9.30 Å². The Balaban J connectivity index is 1.71. The molecule has 1 aromatic carbocycles. The highest BCUT2D eigenvalue weighted by molar-refractivity contribution is 6.31. The number of hydrogen-bond acceptors (Lipinski definition) is 3. The lowest BCUT2D eigenvalue weighted by atomic mass is 10.1. The number of halogens is 1. The summed E-state index contributed by atoms with van der Waals surface area (Å²) in [7, 11) is 0. The summed E-state index contributed by atoms with van der Waals surface area (Å²) in [6.45, 7) is 6.28. The van der Waals surface area contributed by atoms with E-state index in [4.69, 9.17) is 16.3 Å². The number of carbonyl (C=O) groups excluding carboxylic acids is 2. The molecule has 0 radical (unpaired) electrons. The summed E-state index contributed by atoms with van der Waals surface area (Å²) in [6.07, 6.45) is 0.860. The first-order valence-corrected chi connectivity index (χ1v) is 8.86. The summed E-state index contributed by atoms with van der Waals surface area (Å²) >= 11 is 6.24. The van der Waals surface area contributed by atoms with Gasteiger partial charge in [0.25, 0.3) is 0 Å². The van der Waals surface area contributed by atoms with Crippen molar-refractivity contribution in [1.29, 1.82) is 0 Å². The molecule has 0 bridgehead atoms. The van der Waals surface area contributed by atoms with E-state index in [0.29, 0.717) is 23.0 Å². The summed E-state index contributed by atoms with van der Waals surface area (Å²) in [5, 5.41) is 0.704. The van der Waals surface area contributed by atoms with Crippen LogP contribution in [0.4, 0.5) is 0 Å². The molecule has 1 saturated carbocycles. The minimum atomic E-state index is -0.259. The zero-order valence-electron chi connectivity index (χ0n) is 14.7. The van der Waals surface area contributed by atoms with E-state index in [1.165, 1.54) is 0 Å². The van der Waals surface area contributed by atoms with E-state index < -0.39 is 0 Å². The van der Waals surface area contributed by atoms with Crippen LogP contribution < -0.4 is 0 Å². The van der Waals surface area contributed by atoms with Crippen molar-refractivity contribution < 1.29 is 14.3 Å². The maximum Gasteiger partial charge on any atom is 0.309 e. The first kappa shape index (κ1) is 17.7. The van der Waals surface area contributed by atoms with E-state index in [1.54, 1.807) is 0 Å². The predicted octanol–water partition coefficient (Wildman–Crippen LogP) is 4.19. The molecule has 0 spiro atoms. The van der Waals surface area contributed by atoms with Crippen LogP contribution in [0.15, 0.2) is 30.3 Å². The molecule has 0 aliphatic heterocycles. The van der Waals surface area contributed by atoms with Gasteiger partial charge in [-0.1, -0.05) is 36.7 Å². The van der Waals surface area contributed by atoms with Gasteiger partial charge in [0.2, 0.25) is 5.78 Å². The second-order valence-corrected chi connectivity index (χ2v) is 7.22. The van der Waals surface area contributed by atoms with Crippen molar-refractivity contribution in [1.82, 2.24) is 4.57 Å². The highest BCUT2D eigenvalue weighted by Gasteiger charge is 2.40. The number of hydrogen-bond donors (Lipinski definition) is 0. The van der Waals surface area contributed by atoms with Crippen molar-refractivity contribution in [2.75, 3.05) is 6.61 Å². The highest BCUT2D eigenvalue weighted by Crippen LogP contribution is 2.38. The normalized spacial score (nSPS) is 18.9. The van der Waals surface area contributed by atoms with Crippen LogP contribution >= 0.6 is 11.6 Å². The SMILES string of the molecule is Cc1cc(C(=O)COC(=O)[C@@H]2C[C@H]2C)c(C)n1Cc1ccccc1Cl. The standard InChI is InChI=1S/C20H22ClNO3/c1-12-8-16(12)20(24)25-11-19(23)17-9-13(2)22(14(17)3)10-15-6-4-5-7-18(15)21/h4-7,9,12,16H,8,10-11H2,1-3H3/t12-,16-/m1/s1. The quantitative estimate of drug-likeness (QED) is 0.574. The number of esters is 1. The van der Waals surface area contributed by atoms with Crippen LogP contribution in [0, 0.1) is 25.7 Å². The topological polar surface area (TPSA) is 48.3 Å². The maximum atomic E-state index is 12.5. The van der Waals surface area contributed by atoms with Gasteiger partial charge in [0, 0.05) is 28.5 Å². The van der Waals surface area contributed by atoms with Crippen LogP contribution in [0.5, 0.6) is 0 Å². The van der Waals surface area contributed by atoms with Crippen LogP contribution in [-0.4, -0.2) is 22.9 Å². The fourth-order valence-corrected chi connectivity index (χ4v) is 3.29. The molecule has 4 nitrogen and oxygen atoms in total. The van der Waals surface area contributed by atoms with Gasteiger partial charge in [-0.25, -0.2) is 0 Å². The van der Waals surface area contributed by atoms with Gasteiger partial charge in [-0.05, 0) is 43.9 Å². The number of ketones is 1. The molecule has 25 heavy (non-hydrogen) atoms. The van der Waals surface area contributed by atoms with E-state index in [2.05, 4.69) is 4.57 Å². The Labute approximate surface area is 152 Å².